The Balaban J connectivity index is 0.00000264. The van der Waals surface area contributed by atoms with Gasteiger partial charge in [-0.1, -0.05) is 13.8 Å². The molecule has 0 bridgehead atoms. The van der Waals surface area contributed by atoms with E-state index in [4.69, 9.17) is 0 Å². The fraction of sp³-hybridized carbons (Fsp3) is 0.882. The Morgan fingerprint density at radius 2 is 1.74 bits per heavy atom. The lowest BCUT2D eigenvalue weighted by Crippen LogP contribution is -2.54. The molecule has 0 aliphatic carbocycles. The third-order valence-corrected chi connectivity index (χ3v) is 5.02. The lowest BCUT2D eigenvalue weighted by atomic mass is 9.94. The topological polar surface area (TPSA) is 52.7 Å². The van der Waals surface area contributed by atoms with Crippen LogP contribution in [0.1, 0.15) is 52.4 Å². The van der Waals surface area contributed by atoms with Gasteiger partial charge in [0.1, 0.15) is 6.04 Å². The van der Waals surface area contributed by atoms with Gasteiger partial charge in [-0.05, 0) is 51.1 Å². The van der Waals surface area contributed by atoms with Crippen molar-refractivity contribution in [1.82, 2.24) is 15.1 Å². The van der Waals surface area contributed by atoms with Crippen molar-refractivity contribution in [3.8, 4) is 0 Å². The summed E-state index contributed by atoms with van der Waals surface area (Å²) < 4.78 is 0. The summed E-state index contributed by atoms with van der Waals surface area (Å²) in [6.07, 6.45) is 5.57. The third kappa shape index (κ3) is 5.35. The molecule has 134 valence electrons. The van der Waals surface area contributed by atoms with E-state index in [9.17, 15) is 9.59 Å². The molecule has 0 aromatic carbocycles. The van der Waals surface area contributed by atoms with Crippen molar-refractivity contribution in [2.45, 2.75) is 58.4 Å². The molecule has 2 fully saturated rings. The molecule has 6 heteroatoms. The van der Waals surface area contributed by atoms with Gasteiger partial charge in [0.2, 0.25) is 11.8 Å². The number of rotatable bonds is 5. The SMILES string of the molecule is CCNCC1CCN(C(=O)C2CCCCN2C(=O)CC)CC1.Cl. The molecule has 5 nitrogen and oxygen atoms in total. The number of piperidine rings is 2. The standard InChI is InChI=1S/C17H31N3O2.ClH/c1-3-16(21)20-10-6-5-7-15(20)17(22)19-11-8-14(9-12-19)13-18-4-2;/h14-15,18H,3-13H2,1-2H3;1H. The molecule has 1 unspecified atom stereocenters. The summed E-state index contributed by atoms with van der Waals surface area (Å²) in [5, 5.41) is 3.40. The molecule has 1 N–H and O–H groups in total. The molecule has 0 aromatic heterocycles. The van der Waals surface area contributed by atoms with Gasteiger partial charge in [0, 0.05) is 26.1 Å². The van der Waals surface area contributed by atoms with E-state index in [1.807, 2.05) is 16.7 Å². The Kier molecular flexibility index (Phi) is 8.92. The number of carbonyl (C=O) groups excluding carboxylic acids is 2. The fourth-order valence-corrected chi connectivity index (χ4v) is 3.61. The number of halogens is 1. The van der Waals surface area contributed by atoms with Crippen molar-refractivity contribution in [1.29, 1.82) is 0 Å². The Morgan fingerprint density at radius 1 is 1.04 bits per heavy atom. The maximum atomic E-state index is 12.8. The van der Waals surface area contributed by atoms with Gasteiger partial charge in [-0.3, -0.25) is 9.59 Å². The van der Waals surface area contributed by atoms with Crippen LogP contribution in [0.25, 0.3) is 0 Å². The number of amides is 2. The van der Waals surface area contributed by atoms with Crippen LogP contribution in [0, 0.1) is 5.92 Å². The second-order valence-electron chi connectivity index (χ2n) is 6.53. The quantitative estimate of drug-likeness (QED) is 0.829. The van der Waals surface area contributed by atoms with Crippen molar-refractivity contribution >= 4 is 24.2 Å². The predicted octanol–water partition coefficient (Wildman–Crippen LogP) is 2.05. The second kappa shape index (κ2) is 10.1. The predicted molar refractivity (Wildman–Crippen MR) is 94.7 cm³/mol. The Bertz CT molecular complexity index is 384. The first-order valence-electron chi connectivity index (χ1n) is 8.96. The minimum Gasteiger partial charge on any atom is -0.341 e. The molecule has 2 amide bonds. The number of nitrogens with one attached hydrogen (secondary N) is 1. The van der Waals surface area contributed by atoms with E-state index >= 15 is 0 Å². The number of nitrogens with zero attached hydrogens (tertiary/aromatic N) is 2. The normalized spacial score (nSPS) is 22.6. The van der Waals surface area contributed by atoms with E-state index in [0.717, 1.165) is 64.8 Å². The maximum absolute atomic E-state index is 12.8. The van der Waals surface area contributed by atoms with Crippen molar-refractivity contribution in [3.05, 3.63) is 0 Å². The Hall–Kier alpha value is -0.810. The average molecular weight is 346 g/mol. The van der Waals surface area contributed by atoms with Crippen molar-refractivity contribution in [3.63, 3.8) is 0 Å². The molecule has 2 saturated heterocycles. The van der Waals surface area contributed by atoms with E-state index < -0.39 is 0 Å². The lowest BCUT2D eigenvalue weighted by molar-refractivity contribution is -0.148. The fourth-order valence-electron chi connectivity index (χ4n) is 3.61. The van der Waals surface area contributed by atoms with Gasteiger partial charge in [0.25, 0.3) is 0 Å². The summed E-state index contributed by atoms with van der Waals surface area (Å²) in [4.78, 5) is 28.7. The molecule has 2 aliphatic rings. The van der Waals surface area contributed by atoms with Gasteiger partial charge in [0.05, 0.1) is 0 Å². The van der Waals surface area contributed by atoms with Crippen LogP contribution < -0.4 is 5.32 Å². The summed E-state index contributed by atoms with van der Waals surface area (Å²) in [6.45, 7) is 8.52. The smallest absolute Gasteiger partial charge is 0.245 e. The van der Waals surface area contributed by atoms with Crippen LogP contribution in [0.2, 0.25) is 0 Å². The van der Waals surface area contributed by atoms with Crippen LogP contribution in [0.4, 0.5) is 0 Å². The highest BCUT2D eigenvalue weighted by molar-refractivity contribution is 5.88. The molecule has 2 aliphatic heterocycles. The molecule has 1 atom stereocenters. The van der Waals surface area contributed by atoms with Crippen LogP contribution in [0.3, 0.4) is 0 Å². The zero-order valence-corrected chi connectivity index (χ0v) is 15.4. The summed E-state index contributed by atoms with van der Waals surface area (Å²) in [6, 6.07) is -0.202. The highest BCUT2D eigenvalue weighted by Crippen LogP contribution is 2.23. The number of hydrogen-bond donors (Lipinski definition) is 1. The number of hydrogen-bond acceptors (Lipinski definition) is 3. The molecule has 23 heavy (non-hydrogen) atoms. The van der Waals surface area contributed by atoms with Gasteiger partial charge < -0.3 is 15.1 Å². The van der Waals surface area contributed by atoms with Gasteiger partial charge in [-0.2, -0.15) is 0 Å². The largest absolute Gasteiger partial charge is 0.341 e. The molecule has 0 spiro atoms. The van der Waals surface area contributed by atoms with E-state index in [-0.39, 0.29) is 30.3 Å². The minimum absolute atomic E-state index is 0. The minimum atomic E-state index is -0.202. The van der Waals surface area contributed by atoms with E-state index in [1.54, 1.807) is 0 Å². The molecule has 0 aromatic rings. The van der Waals surface area contributed by atoms with Crippen LogP contribution in [0.5, 0.6) is 0 Å². The molecule has 2 rings (SSSR count). The summed E-state index contributed by atoms with van der Waals surface area (Å²) in [5.41, 5.74) is 0. The summed E-state index contributed by atoms with van der Waals surface area (Å²) >= 11 is 0. The third-order valence-electron chi connectivity index (χ3n) is 5.02. The van der Waals surface area contributed by atoms with Crippen LogP contribution in [0.15, 0.2) is 0 Å². The maximum Gasteiger partial charge on any atom is 0.245 e. The number of carbonyl (C=O) groups is 2. The first-order chi connectivity index (χ1) is 10.7. The average Bonchev–Trinajstić information content (AvgIpc) is 2.59. The van der Waals surface area contributed by atoms with Gasteiger partial charge in [-0.25, -0.2) is 0 Å². The monoisotopic (exact) mass is 345 g/mol. The highest BCUT2D eigenvalue weighted by atomic mass is 35.5. The van der Waals surface area contributed by atoms with E-state index in [2.05, 4.69) is 12.2 Å². The van der Waals surface area contributed by atoms with Gasteiger partial charge in [0.15, 0.2) is 0 Å². The number of likely N-dealkylation sites (tertiary alicyclic amines) is 2. The molecule has 0 saturated carbocycles. The first-order valence-corrected chi connectivity index (χ1v) is 8.96. The van der Waals surface area contributed by atoms with E-state index in [1.165, 1.54) is 0 Å². The van der Waals surface area contributed by atoms with Crippen molar-refractivity contribution in [2.75, 3.05) is 32.7 Å². The molecular weight excluding hydrogens is 314 g/mol. The summed E-state index contributed by atoms with van der Waals surface area (Å²) in [5.74, 6) is 0.993. The molecular formula is C17H32ClN3O2. The lowest BCUT2D eigenvalue weighted by Gasteiger charge is -2.40. The van der Waals surface area contributed by atoms with Crippen LogP contribution in [-0.4, -0.2) is 60.4 Å². The van der Waals surface area contributed by atoms with Crippen molar-refractivity contribution in [2.24, 2.45) is 5.92 Å². The first kappa shape index (κ1) is 20.2. The zero-order chi connectivity index (χ0) is 15.9. The molecule has 2 heterocycles. The van der Waals surface area contributed by atoms with Crippen molar-refractivity contribution < 1.29 is 9.59 Å². The Morgan fingerprint density at radius 3 is 2.35 bits per heavy atom. The van der Waals surface area contributed by atoms with Gasteiger partial charge in [-0.15, -0.1) is 12.4 Å². The summed E-state index contributed by atoms with van der Waals surface area (Å²) in [7, 11) is 0. The van der Waals surface area contributed by atoms with E-state index in [0.29, 0.717) is 12.3 Å². The second-order valence-corrected chi connectivity index (χ2v) is 6.53. The van der Waals surface area contributed by atoms with Crippen LogP contribution in [-0.2, 0) is 9.59 Å². The molecule has 0 radical (unpaired) electrons. The zero-order valence-electron chi connectivity index (χ0n) is 14.6. The van der Waals surface area contributed by atoms with Crippen LogP contribution >= 0.6 is 12.4 Å². The highest BCUT2D eigenvalue weighted by Gasteiger charge is 2.35. The Labute approximate surface area is 146 Å². The van der Waals surface area contributed by atoms with Gasteiger partial charge >= 0.3 is 0 Å².